The number of anilines is 1. The number of benzene rings is 3. The summed E-state index contributed by atoms with van der Waals surface area (Å²) in [5.74, 6) is 1.92. The molecule has 0 saturated heterocycles. The summed E-state index contributed by atoms with van der Waals surface area (Å²) in [7, 11) is 3.24. The van der Waals surface area contributed by atoms with Gasteiger partial charge in [-0.3, -0.25) is 9.69 Å². The number of amides is 1. The molecule has 1 aliphatic heterocycles. The molecular formula is C25H22N2O3. The molecule has 0 fully saturated rings. The number of hydrogen-bond acceptors (Lipinski definition) is 4. The molecule has 0 saturated carbocycles. The second-order valence-electron chi connectivity index (χ2n) is 6.94. The van der Waals surface area contributed by atoms with Gasteiger partial charge in [-0.1, -0.05) is 42.0 Å². The van der Waals surface area contributed by atoms with Crippen molar-refractivity contribution in [1.82, 2.24) is 0 Å². The van der Waals surface area contributed by atoms with Gasteiger partial charge in [-0.2, -0.15) is 0 Å². The van der Waals surface area contributed by atoms with Gasteiger partial charge in [-0.15, -0.1) is 0 Å². The minimum absolute atomic E-state index is 0.174. The first-order chi connectivity index (χ1) is 14.6. The standard InChI is InChI=1S/C25H22N2O3/c1-17-4-8-19(9-5-17)24-26-23(16-18-6-12-21(29-2)13-7-18)25(28)27(24)20-10-14-22(30-3)15-11-20/h4-16H,1-3H3/b23-16+. The number of carbonyl (C=O) groups is 1. The van der Waals surface area contributed by atoms with Crippen molar-refractivity contribution >= 4 is 23.5 Å². The molecule has 3 aromatic carbocycles. The van der Waals surface area contributed by atoms with Gasteiger partial charge in [-0.25, -0.2) is 4.99 Å². The van der Waals surface area contributed by atoms with Crippen LogP contribution in [0.3, 0.4) is 0 Å². The van der Waals surface area contributed by atoms with Gasteiger partial charge in [0.1, 0.15) is 23.0 Å². The molecule has 0 spiro atoms. The van der Waals surface area contributed by atoms with Crippen molar-refractivity contribution in [3.63, 3.8) is 0 Å². The fourth-order valence-corrected chi connectivity index (χ4v) is 3.24. The van der Waals surface area contributed by atoms with Crippen molar-refractivity contribution in [2.45, 2.75) is 6.92 Å². The third-order valence-corrected chi connectivity index (χ3v) is 4.92. The zero-order valence-electron chi connectivity index (χ0n) is 17.1. The Balaban J connectivity index is 1.77. The number of amidine groups is 1. The Kier molecular flexibility index (Phi) is 5.35. The van der Waals surface area contributed by atoms with Crippen LogP contribution >= 0.6 is 0 Å². The molecule has 0 bridgehead atoms. The maximum absolute atomic E-state index is 13.3. The molecule has 3 aromatic rings. The fraction of sp³-hybridized carbons (Fsp3) is 0.120. The lowest BCUT2D eigenvalue weighted by Crippen LogP contribution is -2.32. The highest BCUT2D eigenvalue weighted by molar-refractivity contribution is 6.33. The second-order valence-corrected chi connectivity index (χ2v) is 6.94. The van der Waals surface area contributed by atoms with E-state index in [1.54, 1.807) is 25.2 Å². The Morgan fingerprint density at radius 2 is 1.37 bits per heavy atom. The van der Waals surface area contributed by atoms with Crippen molar-refractivity contribution in [1.29, 1.82) is 0 Å². The highest BCUT2D eigenvalue weighted by atomic mass is 16.5. The van der Waals surface area contributed by atoms with Gasteiger partial charge in [0.25, 0.3) is 5.91 Å². The highest BCUT2D eigenvalue weighted by Crippen LogP contribution is 2.29. The molecule has 1 amide bonds. The van der Waals surface area contributed by atoms with E-state index in [1.165, 1.54) is 0 Å². The number of rotatable bonds is 5. The maximum Gasteiger partial charge on any atom is 0.282 e. The first kappa shape index (κ1) is 19.5. The average Bonchev–Trinajstić information content (AvgIpc) is 3.10. The van der Waals surface area contributed by atoms with Crippen molar-refractivity contribution < 1.29 is 14.3 Å². The summed E-state index contributed by atoms with van der Waals surface area (Å²) in [5, 5.41) is 0. The van der Waals surface area contributed by atoms with Crippen molar-refractivity contribution in [3.8, 4) is 11.5 Å². The summed E-state index contributed by atoms with van der Waals surface area (Å²) >= 11 is 0. The number of carbonyl (C=O) groups excluding carboxylic acids is 1. The first-order valence-corrected chi connectivity index (χ1v) is 9.59. The van der Waals surface area contributed by atoms with Crippen LogP contribution in [-0.4, -0.2) is 26.0 Å². The number of methoxy groups -OCH3 is 2. The van der Waals surface area contributed by atoms with Gasteiger partial charge in [0.2, 0.25) is 0 Å². The number of aryl methyl sites for hydroxylation is 1. The average molecular weight is 398 g/mol. The molecule has 1 heterocycles. The Hall–Kier alpha value is -3.86. The van der Waals surface area contributed by atoms with Crippen LogP contribution in [0.25, 0.3) is 6.08 Å². The lowest BCUT2D eigenvalue weighted by molar-refractivity contribution is -0.113. The topological polar surface area (TPSA) is 51.1 Å². The predicted molar refractivity (Wildman–Crippen MR) is 119 cm³/mol. The van der Waals surface area contributed by atoms with E-state index in [0.717, 1.165) is 33.9 Å². The van der Waals surface area contributed by atoms with E-state index in [4.69, 9.17) is 14.5 Å². The van der Waals surface area contributed by atoms with Crippen LogP contribution in [0.5, 0.6) is 11.5 Å². The molecule has 30 heavy (non-hydrogen) atoms. The van der Waals surface area contributed by atoms with Gasteiger partial charge >= 0.3 is 0 Å². The van der Waals surface area contributed by atoms with Crippen molar-refractivity contribution in [3.05, 3.63) is 95.2 Å². The molecule has 0 N–H and O–H groups in total. The van der Waals surface area contributed by atoms with Crippen LogP contribution in [0, 0.1) is 6.92 Å². The van der Waals surface area contributed by atoms with Crippen LogP contribution in [0.15, 0.2) is 83.5 Å². The third kappa shape index (κ3) is 3.82. The van der Waals surface area contributed by atoms with E-state index in [0.29, 0.717) is 11.5 Å². The predicted octanol–water partition coefficient (Wildman–Crippen LogP) is 4.85. The Morgan fingerprint density at radius 3 is 1.93 bits per heavy atom. The molecule has 1 aliphatic rings. The molecule has 5 heteroatoms. The number of aliphatic imine (C=N–C) groups is 1. The Labute approximate surface area is 175 Å². The van der Waals surface area contributed by atoms with E-state index in [9.17, 15) is 4.79 Å². The van der Waals surface area contributed by atoms with Crippen LogP contribution in [0.1, 0.15) is 16.7 Å². The minimum Gasteiger partial charge on any atom is -0.497 e. The number of ether oxygens (including phenoxy) is 2. The first-order valence-electron chi connectivity index (χ1n) is 9.59. The number of hydrogen-bond donors (Lipinski definition) is 0. The van der Waals surface area contributed by atoms with Crippen LogP contribution in [-0.2, 0) is 4.79 Å². The monoisotopic (exact) mass is 398 g/mol. The van der Waals surface area contributed by atoms with Gasteiger partial charge < -0.3 is 9.47 Å². The Bertz CT molecular complexity index is 1110. The lowest BCUT2D eigenvalue weighted by atomic mass is 10.1. The van der Waals surface area contributed by atoms with Crippen molar-refractivity contribution in [2.24, 2.45) is 4.99 Å². The molecule has 5 nitrogen and oxygen atoms in total. The SMILES string of the molecule is COc1ccc(/C=C2/N=C(c3ccc(C)cc3)N(c3ccc(OC)cc3)C2=O)cc1. The molecule has 0 unspecified atom stereocenters. The minimum atomic E-state index is -0.174. The summed E-state index contributed by atoms with van der Waals surface area (Å²) in [6, 6.07) is 22.9. The maximum atomic E-state index is 13.3. The van der Waals surface area contributed by atoms with Gasteiger partial charge in [0.05, 0.1) is 19.9 Å². The molecule has 4 rings (SSSR count). The normalized spacial score (nSPS) is 14.8. The molecule has 0 aromatic heterocycles. The van der Waals surface area contributed by atoms with Crippen LogP contribution < -0.4 is 14.4 Å². The quantitative estimate of drug-likeness (QED) is 0.578. The summed E-state index contributed by atoms with van der Waals surface area (Å²) in [6.07, 6.45) is 1.79. The molecule has 0 radical (unpaired) electrons. The van der Waals surface area contributed by atoms with Crippen LogP contribution in [0.2, 0.25) is 0 Å². The van der Waals surface area contributed by atoms with Gasteiger partial charge in [0.15, 0.2) is 0 Å². The largest absolute Gasteiger partial charge is 0.497 e. The van der Waals surface area contributed by atoms with E-state index >= 15 is 0 Å². The van der Waals surface area contributed by atoms with Crippen molar-refractivity contribution in [2.75, 3.05) is 19.1 Å². The van der Waals surface area contributed by atoms with Crippen LogP contribution in [0.4, 0.5) is 5.69 Å². The lowest BCUT2D eigenvalue weighted by Gasteiger charge is -2.19. The smallest absolute Gasteiger partial charge is 0.282 e. The summed E-state index contributed by atoms with van der Waals surface area (Å²) < 4.78 is 10.5. The second kappa shape index (κ2) is 8.25. The molecule has 0 aliphatic carbocycles. The van der Waals surface area contributed by atoms with E-state index in [2.05, 4.69) is 0 Å². The summed E-state index contributed by atoms with van der Waals surface area (Å²) in [6.45, 7) is 2.03. The summed E-state index contributed by atoms with van der Waals surface area (Å²) in [5.41, 5.74) is 4.02. The number of nitrogens with zero attached hydrogens (tertiary/aromatic N) is 2. The highest BCUT2D eigenvalue weighted by Gasteiger charge is 2.32. The molecule has 0 atom stereocenters. The van der Waals surface area contributed by atoms with Gasteiger partial charge in [0, 0.05) is 5.56 Å². The zero-order valence-corrected chi connectivity index (χ0v) is 17.1. The third-order valence-electron chi connectivity index (χ3n) is 4.92. The Morgan fingerprint density at radius 1 is 0.800 bits per heavy atom. The van der Waals surface area contributed by atoms with E-state index < -0.39 is 0 Å². The van der Waals surface area contributed by atoms with E-state index in [1.807, 2.05) is 79.7 Å². The molecular weight excluding hydrogens is 376 g/mol. The summed E-state index contributed by atoms with van der Waals surface area (Å²) in [4.78, 5) is 19.7. The molecule has 150 valence electrons. The fourth-order valence-electron chi connectivity index (χ4n) is 3.24. The van der Waals surface area contributed by atoms with Gasteiger partial charge in [-0.05, 0) is 55.0 Å². The zero-order chi connectivity index (χ0) is 21.1. The van der Waals surface area contributed by atoms with E-state index in [-0.39, 0.29) is 5.91 Å².